The van der Waals surface area contributed by atoms with Crippen molar-refractivity contribution in [3.63, 3.8) is 0 Å². The zero-order valence-electron chi connectivity index (χ0n) is 7.34. The molecule has 0 N–H and O–H groups in total. The standard InChI is InChI=1S/C5H5F6O4P/c6-3(7)4(8,5(9,10)11)15-16(12)13-1-2-14-16/h3H,1-2H2. The second kappa shape index (κ2) is 4.17. The molecule has 96 valence electrons. The zero-order valence-corrected chi connectivity index (χ0v) is 8.23. The third-order valence-electron chi connectivity index (χ3n) is 1.49. The van der Waals surface area contributed by atoms with Crippen molar-refractivity contribution in [3.05, 3.63) is 0 Å². The monoisotopic (exact) mass is 274 g/mol. The predicted octanol–water partition coefficient (Wildman–Crippen LogP) is 2.65. The Balaban J connectivity index is 2.92. The van der Waals surface area contributed by atoms with Crippen LogP contribution in [0.3, 0.4) is 0 Å². The molecule has 1 aliphatic heterocycles. The molecule has 0 spiro atoms. The molecule has 0 aromatic rings. The molecule has 1 unspecified atom stereocenters. The number of alkyl halides is 6. The highest BCUT2D eigenvalue weighted by Crippen LogP contribution is 2.59. The van der Waals surface area contributed by atoms with Gasteiger partial charge in [-0.2, -0.15) is 17.6 Å². The minimum absolute atomic E-state index is 0.436. The van der Waals surface area contributed by atoms with Crippen LogP contribution in [0.2, 0.25) is 0 Å². The number of rotatable bonds is 3. The molecular weight excluding hydrogens is 269 g/mol. The van der Waals surface area contributed by atoms with Gasteiger partial charge in [0.05, 0.1) is 13.2 Å². The van der Waals surface area contributed by atoms with E-state index in [2.05, 4.69) is 13.6 Å². The van der Waals surface area contributed by atoms with Crippen molar-refractivity contribution >= 4 is 7.82 Å². The van der Waals surface area contributed by atoms with Crippen LogP contribution in [0.5, 0.6) is 0 Å². The molecule has 1 saturated heterocycles. The first-order chi connectivity index (χ1) is 7.11. The predicted molar refractivity (Wildman–Crippen MR) is 36.5 cm³/mol. The lowest BCUT2D eigenvalue weighted by Gasteiger charge is -2.27. The van der Waals surface area contributed by atoms with E-state index in [1.807, 2.05) is 0 Å². The molecule has 1 fully saturated rings. The molecule has 0 bridgehead atoms. The maximum Gasteiger partial charge on any atom is 0.478 e. The molecule has 0 aliphatic carbocycles. The van der Waals surface area contributed by atoms with Crippen LogP contribution in [0.1, 0.15) is 0 Å². The molecule has 1 atom stereocenters. The SMILES string of the molecule is O=P1(OC(F)(C(F)F)C(F)(F)F)OCCO1. The van der Waals surface area contributed by atoms with E-state index in [1.165, 1.54) is 0 Å². The van der Waals surface area contributed by atoms with Gasteiger partial charge >= 0.3 is 26.3 Å². The summed E-state index contributed by atoms with van der Waals surface area (Å²) in [7, 11) is -4.92. The number of phosphoric ester groups is 1. The van der Waals surface area contributed by atoms with Crippen molar-refractivity contribution in [1.29, 1.82) is 0 Å². The summed E-state index contributed by atoms with van der Waals surface area (Å²) in [6.45, 7) is -0.872. The molecule has 11 heteroatoms. The fourth-order valence-corrected chi connectivity index (χ4v) is 2.05. The summed E-state index contributed by atoms with van der Waals surface area (Å²) in [6, 6.07) is 0. The first-order valence-electron chi connectivity index (χ1n) is 3.74. The van der Waals surface area contributed by atoms with Gasteiger partial charge in [0.2, 0.25) is 0 Å². The van der Waals surface area contributed by atoms with Gasteiger partial charge in [-0.3, -0.25) is 9.05 Å². The van der Waals surface area contributed by atoms with Crippen LogP contribution < -0.4 is 0 Å². The smallest absolute Gasteiger partial charge is 0.284 e. The molecule has 1 heterocycles. The molecule has 0 aromatic carbocycles. The second-order valence-electron chi connectivity index (χ2n) is 2.65. The lowest BCUT2D eigenvalue weighted by molar-refractivity contribution is -0.344. The van der Waals surface area contributed by atoms with Gasteiger partial charge < -0.3 is 0 Å². The normalized spacial score (nSPS) is 24.7. The first-order valence-corrected chi connectivity index (χ1v) is 5.20. The van der Waals surface area contributed by atoms with Gasteiger partial charge in [0.1, 0.15) is 0 Å². The van der Waals surface area contributed by atoms with Crippen LogP contribution >= 0.6 is 7.82 Å². The van der Waals surface area contributed by atoms with Crippen molar-refractivity contribution < 1.29 is 44.5 Å². The van der Waals surface area contributed by atoms with Gasteiger partial charge in [0.25, 0.3) is 0 Å². The van der Waals surface area contributed by atoms with E-state index in [0.717, 1.165) is 0 Å². The Morgan fingerprint density at radius 3 is 1.88 bits per heavy atom. The van der Waals surface area contributed by atoms with E-state index in [-0.39, 0.29) is 0 Å². The molecule has 1 rings (SSSR count). The number of hydrogen-bond acceptors (Lipinski definition) is 4. The topological polar surface area (TPSA) is 44.8 Å². The Morgan fingerprint density at radius 1 is 1.12 bits per heavy atom. The van der Waals surface area contributed by atoms with Crippen LogP contribution in [0.15, 0.2) is 0 Å². The Bertz CT molecular complexity index is 296. The van der Waals surface area contributed by atoms with Crippen molar-refractivity contribution in [2.24, 2.45) is 0 Å². The fourth-order valence-electron chi connectivity index (χ4n) is 0.766. The van der Waals surface area contributed by atoms with Gasteiger partial charge in [-0.25, -0.2) is 17.9 Å². The van der Waals surface area contributed by atoms with Crippen molar-refractivity contribution in [1.82, 2.24) is 0 Å². The van der Waals surface area contributed by atoms with E-state index >= 15 is 0 Å². The Hall–Kier alpha value is -0.310. The lowest BCUT2D eigenvalue weighted by Crippen LogP contribution is -2.49. The highest BCUT2D eigenvalue weighted by Gasteiger charge is 2.68. The van der Waals surface area contributed by atoms with Gasteiger partial charge in [0, 0.05) is 0 Å². The molecular formula is C5H5F6O4P. The summed E-state index contributed by atoms with van der Waals surface area (Å²) < 4.78 is 94.9. The number of halogens is 6. The van der Waals surface area contributed by atoms with Crippen LogP contribution in [0.4, 0.5) is 26.3 Å². The first kappa shape index (κ1) is 13.8. The maximum absolute atomic E-state index is 12.9. The van der Waals surface area contributed by atoms with Crippen molar-refractivity contribution in [2.75, 3.05) is 13.2 Å². The van der Waals surface area contributed by atoms with Crippen molar-refractivity contribution in [2.45, 2.75) is 18.5 Å². The molecule has 0 amide bonds. The third-order valence-corrected chi connectivity index (χ3v) is 2.98. The Kier molecular flexibility index (Phi) is 3.59. The summed E-state index contributed by atoms with van der Waals surface area (Å²) in [5.41, 5.74) is 0. The Labute approximate surface area is 85.1 Å². The number of phosphoric acid groups is 1. The lowest BCUT2D eigenvalue weighted by atomic mass is 10.3. The van der Waals surface area contributed by atoms with Crippen LogP contribution in [-0.2, 0) is 18.1 Å². The van der Waals surface area contributed by atoms with E-state index in [4.69, 9.17) is 0 Å². The summed E-state index contributed by atoms with van der Waals surface area (Å²) in [6.07, 6.45) is -10.6. The van der Waals surface area contributed by atoms with E-state index in [0.29, 0.717) is 0 Å². The van der Waals surface area contributed by atoms with Gasteiger partial charge in [0.15, 0.2) is 0 Å². The van der Waals surface area contributed by atoms with Crippen LogP contribution in [-0.4, -0.2) is 31.7 Å². The second-order valence-corrected chi connectivity index (χ2v) is 4.24. The molecule has 0 aromatic heterocycles. The summed E-state index contributed by atoms with van der Waals surface area (Å²) in [4.78, 5) is 0. The highest BCUT2D eigenvalue weighted by molar-refractivity contribution is 7.48. The van der Waals surface area contributed by atoms with E-state index < -0.39 is 39.5 Å². The highest BCUT2D eigenvalue weighted by atomic mass is 31.2. The molecule has 0 saturated carbocycles. The summed E-state index contributed by atoms with van der Waals surface area (Å²) in [5.74, 6) is -5.38. The van der Waals surface area contributed by atoms with Crippen LogP contribution in [0.25, 0.3) is 0 Å². The van der Waals surface area contributed by atoms with Crippen molar-refractivity contribution in [3.8, 4) is 0 Å². The van der Waals surface area contributed by atoms with Gasteiger partial charge in [-0.15, -0.1) is 0 Å². The molecule has 1 aliphatic rings. The van der Waals surface area contributed by atoms with E-state index in [9.17, 15) is 30.9 Å². The molecule has 4 nitrogen and oxygen atoms in total. The average Bonchev–Trinajstić information content (AvgIpc) is 2.49. The Morgan fingerprint density at radius 2 is 1.56 bits per heavy atom. The number of hydrogen-bond donors (Lipinski definition) is 0. The zero-order chi connectivity index (χ0) is 12.6. The largest absolute Gasteiger partial charge is 0.478 e. The quantitative estimate of drug-likeness (QED) is 0.586. The van der Waals surface area contributed by atoms with Gasteiger partial charge in [-0.1, -0.05) is 0 Å². The molecule has 16 heavy (non-hydrogen) atoms. The minimum atomic E-state index is -6.06. The summed E-state index contributed by atoms with van der Waals surface area (Å²) >= 11 is 0. The fraction of sp³-hybridized carbons (Fsp3) is 1.00. The maximum atomic E-state index is 12.9. The van der Waals surface area contributed by atoms with Crippen LogP contribution in [0, 0.1) is 0 Å². The average molecular weight is 274 g/mol. The third kappa shape index (κ3) is 2.50. The van der Waals surface area contributed by atoms with Gasteiger partial charge in [-0.05, 0) is 0 Å². The minimum Gasteiger partial charge on any atom is -0.284 e. The summed E-state index contributed by atoms with van der Waals surface area (Å²) in [5, 5.41) is 0. The van der Waals surface area contributed by atoms with E-state index in [1.54, 1.807) is 0 Å². The molecule has 0 radical (unpaired) electrons.